The van der Waals surface area contributed by atoms with Crippen LogP contribution in [0.4, 0.5) is 11.5 Å². The molecule has 2 heterocycles. The van der Waals surface area contributed by atoms with E-state index in [0.29, 0.717) is 24.0 Å². The van der Waals surface area contributed by atoms with E-state index in [1.807, 2.05) is 19.2 Å². The smallest absolute Gasteiger partial charge is 0.242 e. The summed E-state index contributed by atoms with van der Waals surface area (Å²) >= 11 is 1.66. The molecule has 0 aromatic carbocycles. The summed E-state index contributed by atoms with van der Waals surface area (Å²) < 4.78 is 5.32. The van der Waals surface area contributed by atoms with E-state index in [1.54, 1.807) is 11.3 Å². The molecule has 0 aliphatic rings. The standard InChI is InChI=1S/C12H17N5OS/c1-3-18-12-10(13)11(15-7-16-12)14-5-4-9-17-8(2)6-19-9/h6-7H,3-5,13H2,1-2H3,(H,14,15,16). The molecule has 102 valence electrons. The minimum Gasteiger partial charge on any atom is -0.476 e. The van der Waals surface area contributed by atoms with Gasteiger partial charge >= 0.3 is 0 Å². The highest BCUT2D eigenvalue weighted by Crippen LogP contribution is 2.24. The zero-order chi connectivity index (χ0) is 13.7. The summed E-state index contributed by atoms with van der Waals surface area (Å²) in [5.41, 5.74) is 7.43. The Morgan fingerprint density at radius 1 is 1.42 bits per heavy atom. The van der Waals surface area contributed by atoms with Gasteiger partial charge in [0, 0.05) is 24.0 Å². The van der Waals surface area contributed by atoms with Crippen LogP contribution in [0.25, 0.3) is 0 Å². The topological polar surface area (TPSA) is 86.0 Å². The molecule has 0 bridgehead atoms. The van der Waals surface area contributed by atoms with Gasteiger partial charge in [-0.1, -0.05) is 0 Å². The number of hydrogen-bond acceptors (Lipinski definition) is 7. The van der Waals surface area contributed by atoms with Crippen molar-refractivity contribution in [3.05, 3.63) is 22.4 Å². The van der Waals surface area contributed by atoms with Gasteiger partial charge in [0.25, 0.3) is 0 Å². The maximum Gasteiger partial charge on any atom is 0.242 e. The number of ether oxygens (including phenoxy) is 1. The van der Waals surface area contributed by atoms with Crippen LogP contribution in [-0.4, -0.2) is 28.1 Å². The van der Waals surface area contributed by atoms with Crippen molar-refractivity contribution in [1.29, 1.82) is 0 Å². The Bertz CT molecular complexity index is 543. The molecule has 0 aliphatic carbocycles. The van der Waals surface area contributed by atoms with Crippen LogP contribution in [-0.2, 0) is 6.42 Å². The second-order valence-corrected chi connectivity index (χ2v) is 4.88. The molecule has 0 saturated carbocycles. The van der Waals surface area contributed by atoms with Crippen LogP contribution in [0.2, 0.25) is 0 Å². The number of anilines is 2. The largest absolute Gasteiger partial charge is 0.476 e. The molecule has 0 unspecified atom stereocenters. The Kier molecular flexibility index (Phi) is 4.51. The number of thiazole rings is 1. The predicted molar refractivity (Wildman–Crippen MR) is 76.7 cm³/mol. The van der Waals surface area contributed by atoms with E-state index in [9.17, 15) is 0 Å². The van der Waals surface area contributed by atoms with Crippen LogP contribution in [0.1, 0.15) is 17.6 Å². The zero-order valence-corrected chi connectivity index (χ0v) is 11.8. The SMILES string of the molecule is CCOc1ncnc(NCCc2nc(C)cs2)c1N. The van der Waals surface area contributed by atoms with E-state index in [2.05, 4.69) is 20.3 Å². The van der Waals surface area contributed by atoms with Crippen molar-refractivity contribution in [3.63, 3.8) is 0 Å². The number of hydrogen-bond donors (Lipinski definition) is 2. The highest BCUT2D eigenvalue weighted by atomic mass is 32.1. The maximum absolute atomic E-state index is 5.93. The molecule has 0 amide bonds. The predicted octanol–water partition coefficient (Wildman–Crippen LogP) is 1.88. The van der Waals surface area contributed by atoms with Gasteiger partial charge < -0.3 is 15.8 Å². The van der Waals surface area contributed by atoms with Gasteiger partial charge in [-0.25, -0.2) is 9.97 Å². The molecule has 0 fully saturated rings. The Labute approximate surface area is 116 Å². The third-order valence-electron chi connectivity index (χ3n) is 2.43. The molecule has 0 spiro atoms. The molecule has 6 nitrogen and oxygen atoms in total. The molecular weight excluding hydrogens is 262 g/mol. The maximum atomic E-state index is 5.93. The lowest BCUT2D eigenvalue weighted by atomic mass is 10.4. The van der Waals surface area contributed by atoms with Gasteiger partial charge in [-0.15, -0.1) is 11.3 Å². The summed E-state index contributed by atoms with van der Waals surface area (Å²) in [5.74, 6) is 1.02. The van der Waals surface area contributed by atoms with Gasteiger partial charge in [-0.3, -0.25) is 0 Å². The van der Waals surface area contributed by atoms with E-state index < -0.39 is 0 Å². The lowest BCUT2D eigenvalue weighted by Crippen LogP contribution is -2.10. The Morgan fingerprint density at radius 2 is 2.26 bits per heavy atom. The molecule has 2 aromatic rings. The molecule has 2 aromatic heterocycles. The third kappa shape index (κ3) is 3.54. The van der Waals surface area contributed by atoms with Gasteiger partial charge in [-0.05, 0) is 13.8 Å². The van der Waals surface area contributed by atoms with Crippen LogP contribution < -0.4 is 15.8 Å². The number of nitrogens with one attached hydrogen (secondary N) is 1. The average Bonchev–Trinajstić information content (AvgIpc) is 2.80. The minimum atomic E-state index is 0.421. The fraction of sp³-hybridized carbons (Fsp3) is 0.417. The molecule has 0 aliphatic heterocycles. The summed E-state index contributed by atoms with van der Waals surface area (Å²) in [6.45, 7) is 5.13. The van der Waals surface area contributed by atoms with Crippen molar-refractivity contribution in [2.24, 2.45) is 0 Å². The van der Waals surface area contributed by atoms with Crippen LogP contribution in [0.15, 0.2) is 11.7 Å². The van der Waals surface area contributed by atoms with E-state index in [0.717, 1.165) is 23.7 Å². The van der Waals surface area contributed by atoms with E-state index in [-0.39, 0.29) is 0 Å². The lowest BCUT2D eigenvalue weighted by molar-refractivity contribution is 0.328. The number of nitrogens with zero attached hydrogens (tertiary/aromatic N) is 3. The first-order valence-corrected chi connectivity index (χ1v) is 6.96. The number of aryl methyl sites for hydroxylation is 1. The summed E-state index contributed by atoms with van der Waals surface area (Å²) in [6.07, 6.45) is 2.28. The second kappa shape index (κ2) is 6.33. The van der Waals surface area contributed by atoms with Crippen LogP contribution in [0, 0.1) is 6.92 Å². The number of nitrogen functional groups attached to an aromatic ring is 1. The van der Waals surface area contributed by atoms with Crippen molar-refractivity contribution < 1.29 is 4.74 Å². The first-order valence-electron chi connectivity index (χ1n) is 6.09. The minimum absolute atomic E-state index is 0.421. The van der Waals surface area contributed by atoms with Crippen molar-refractivity contribution in [1.82, 2.24) is 15.0 Å². The quantitative estimate of drug-likeness (QED) is 0.839. The first kappa shape index (κ1) is 13.5. The summed E-state index contributed by atoms with van der Waals surface area (Å²) in [7, 11) is 0. The lowest BCUT2D eigenvalue weighted by Gasteiger charge is -2.10. The highest BCUT2D eigenvalue weighted by molar-refractivity contribution is 7.09. The normalized spacial score (nSPS) is 10.4. The molecule has 0 atom stereocenters. The van der Waals surface area contributed by atoms with Crippen molar-refractivity contribution in [2.75, 3.05) is 24.2 Å². The van der Waals surface area contributed by atoms with Gasteiger partial charge in [-0.2, -0.15) is 4.98 Å². The van der Waals surface area contributed by atoms with E-state index >= 15 is 0 Å². The fourth-order valence-electron chi connectivity index (χ4n) is 1.58. The van der Waals surface area contributed by atoms with Gasteiger partial charge in [0.2, 0.25) is 5.88 Å². The van der Waals surface area contributed by atoms with Crippen molar-refractivity contribution in [2.45, 2.75) is 20.3 Å². The fourth-order valence-corrected chi connectivity index (χ4v) is 2.35. The molecule has 0 radical (unpaired) electrons. The Morgan fingerprint density at radius 3 is 2.95 bits per heavy atom. The van der Waals surface area contributed by atoms with Crippen LogP contribution in [0.3, 0.4) is 0 Å². The summed E-state index contributed by atoms with van der Waals surface area (Å²) in [5, 5.41) is 6.32. The second-order valence-electron chi connectivity index (χ2n) is 3.93. The highest BCUT2D eigenvalue weighted by Gasteiger charge is 2.08. The van der Waals surface area contributed by atoms with Crippen LogP contribution >= 0.6 is 11.3 Å². The van der Waals surface area contributed by atoms with Crippen LogP contribution in [0.5, 0.6) is 5.88 Å². The molecular formula is C12H17N5OS. The van der Waals surface area contributed by atoms with Gasteiger partial charge in [0.1, 0.15) is 12.0 Å². The summed E-state index contributed by atoms with van der Waals surface area (Å²) in [6, 6.07) is 0. The molecule has 0 saturated heterocycles. The van der Waals surface area contributed by atoms with Gasteiger partial charge in [0.05, 0.1) is 11.6 Å². The number of rotatable bonds is 6. The Hall–Kier alpha value is -1.89. The average molecular weight is 279 g/mol. The third-order valence-corrected chi connectivity index (χ3v) is 3.45. The number of nitrogens with two attached hydrogens (primary N) is 1. The molecule has 2 rings (SSSR count). The first-order chi connectivity index (χ1) is 9.20. The summed E-state index contributed by atoms with van der Waals surface area (Å²) in [4.78, 5) is 12.5. The monoisotopic (exact) mass is 279 g/mol. The van der Waals surface area contributed by atoms with Crippen molar-refractivity contribution in [3.8, 4) is 5.88 Å². The molecule has 3 N–H and O–H groups in total. The van der Waals surface area contributed by atoms with E-state index in [1.165, 1.54) is 6.33 Å². The van der Waals surface area contributed by atoms with E-state index in [4.69, 9.17) is 10.5 Å². The molecule has 7 heteroatoms. The van der Waals surface area contributed by atoms with Crippen molar-refractivity contribution >= 4 is 22.8 Å². The van der Waals surface area contributed by atoms with Gasteiger partial charge in [0.15, 0.2) is 5.82 Å². The number of aromatic nitrogens is 3. The Balaban J connectivity index is 1.94. The zero-order valence-electron chi connectivity index (χ0n) is 11.0. The molecule has 19 heavy (non-hydrogen) atoms.